The molecule has 1 N–H and O–H groups in total. The fraction of sp³-hybridized carbons (Fsp3) is 0.381. The lowest BCUT2D eigenvalue weighted by Gasteiger charge is -2.36. The molecule has 0 aliphatic carbocycles. The summed E-state index contributed by atoms with van der Waals surface area (Å²) in [5.74, 6) is 0.505. The number of urea groups is 1. The van der Waals surface area contributed by atoms with Crippen LogP contribution in [0.25, 0.3) is 0 Å². The molecule has 2 heterocycles. The van der Waals surface area contributed by atoms with Crippen LogP contribution in [0.15, 0.2) is 42.7 Å². The number of nitrogens with one attached hydrogen (secondary N) is 1. The number of aromatic nitrogens is 1. The second-order valence-corrected chi connectivity index (χ2v) is 6.62. The van der Waals surface area contributed by atoms with Crippen molar-refractivity contribution in [1.82, 2.24) is 9.88 Å². The van der Waals surface area contributed by atoms with Gasteiger partial charge in [-0.3, -0.25) is 9.78 Å². The van der Waals surface area contributed by atoms with Crippen LogP contribution >= 0.6 is 0 Å². The Hall–Kier alpha value is -2.89. The van der Waals surface area contributed by atoms with Gasteiger partial charge in [0.05, 0.1) is 18.3 Å². The summed E-state index contributed by atoms with van der Waals surface area (Å²) in [5.41, 5.74) is 2.09. The van der Waals surface area contributed by atoms with Crippen LogP contribution in [-0.4, -0.2) is 34.8 Å². The maximum Gasteiger partial charge on any atom is 0.322 e. The zero-order chi connectivity index (χ0) is 19.2. The summed E-state index contributed by atoms with van der Waals surface area (Å²) in [7, 11) is 0. The van der Waals surface area contributed by atoms with Crippen molar-refractivity contribution in [1.29, 1.82) is 0 Å². The lowest BCUT2D eigenvalue weighted by atomic mass is 9.97. The molecule has 3 rings (SSSR count). The first-order chi connectivity index (χ1) is 13.1. The van der Waals surface area contributed by atoms with Crippen molar-refractivity contribution in [2.45, 2.75) is 39.2 Å². The molecule has 1 atom stereocenters. The predicted molar refractivity (Wildman–Crippen MR) is 104 cm³/mol. The molecule has 27 heavy (non-hydrogen) atoms. The standard InChI is InChI=1S/C21H25N3O3/c1-3-27-20-10-9-16(15(2)25)13-18(20)23-21(26)24-12-5-4-8-19(24)17-7-6-11-22-14-17/h6-7,9-11,13-14,19H,3-5,8,12H2,1-2H3,(H,23,26)/t19-/m0/s1. The molecule has 1 fully saturated rings. The number of rotatable bonds is 5. The highest BCUT2D eigenvalue weighted by atomic mass is 16.5. The van der Waals surface area contributed by atoms with Crippen LogP contribution in [0.3, 0.4) is 0 Å². The van der Waals surface area contributed by atoms with Crippen LogP contribution < -0.4 is 10.1 Å². The first kappa shape index (κ1) is 18.9. The average Bonchev–Trinajstić information content (AvgIpc) is 2.70. The molecule has 0 spiro atoms. The lowest BCUT2D eigenvalue weighted by Crippen LogP contribution is -2.41. The van der Waals surface area contributed by atoms with Crippen LogP contribution in [0.5, 0.6) is 5.75 Å². The summed E-state index contributed by atoms with van der Waals surface area (Å²) >= 11 is 0. The number of amides is 2. The summed E-state index contributed by atoms with van der Waals surface area (Å²) in [4.78, 5) is 30.8. The predicted octanol–water partition coefficient (Wildman–Crippen LogP) is 4.44. The van der Waals surface area contributed by atoms with Gasteiger partial charge in [-0.05, 0) is 62.9 Å². The third kappa shape index (κ3) is 4.45. The highest BCUT2D eigenvalue weighted by Crippen LogP contribution is 2.32. The fourth-order valence-corrected chi connectivity index (χ4v) is 3.41. The highest BCUT2D eigenvalue weighted by Gasteiger charge is 2.28. The molecule has 2 amide bonds. The third-order valence-corrected chi connectivity index (χ3v) is 4.76. The number of piperidine rings is 1. The Bertz CT molecular complexity index is 808. The largest absolute Gasteiger partial charge is 0.492 e. The van der Waals surface area contributed by atoms with E-state index in [0.29, 0.717) is 30.2 Å². The molecule has 0 radical (unpaired) electrons. The molecule has 2 aromatic rings. The van der Waals surface area contributed by atoms with E-state index in [0.717, 1.165) is 24.8 Å². The van der Waals surface area contributed by atoms with E-state index in [2.05, 4.69) is 10.3 Å². The minimum absolute atomic E-state index is 0.000941. The van der Waals surface area contributed by atoms with Gasteiger partial charge in [-0.25, -0.2) is 4.79 Å². The van der Waals surface area contributed by atoms with Crippen molar-refractivity contribution in [2.75, 3.05) is 18.5 Å². The molecule has 1 aromatic heterocycles. The Morgan fingerprint density at radius 3 is 2.85 bits per heavy atom. The van der Waals surface area contributed by atoms with E-state index >= 15 is 0 Å². The Balaban J connectivity index is 1.84. The summed E-state index contributed by atoms with van der Waals surface area (Å²) in [6.45, 7) is 4.55. The summed E-state index contributed by atoms with van der Waals surface area (Å²) in [6, 6.07) is 8.82. The summed E-state index contributed by atoms with van der Waals surface area (Å²) in [6.07, 6.45) is 6.50. The SMILES string of the molecule is CCOc1ccc(C(C)=O)cc1NC(=O)N1CCCC[C@H]1c1cccnc1. The van der Waals surface area contributed by atoms with Gasteiger partial charge in [0.25, 0.3) is 0 Å². The normalized spacial score (nSPS) is 16.7. The van der Waals surface area contributed by atoms with Crippen LogP contribution in [-0.2, 0) is 0 Å². The molecular formula is C21H25N3O3. The number of benzene rings is 1. The Labute approximate surface area is 159 Å². The molecule has 6 nitrogen and oxygen atoms in total. The van der Waals surface area contributed by atoms with E-state index in [9.17, 15) is 9.59 Å². The van der Waals surface area contributed by atoms with E-state index < -0.39 is 0 Å². The van der Waals surface area contributed by atoms with Gasteiger partial charge < -0.3 is 15.0 Å². The Kier molecular flexibility index (Phi) is 6.06. The van der Waals surface area contributed by atoms with E-state index in [1.165, 1.54) is 6.92 Å². The molecule has 0 bridgehead atoms. The van der Waals surface area contributed by atoms with Crippen LogP contribution in [0.4, 0.5) is 10.5 Å². The zero-order valence-corrected chi connectivity index (χ0v) is 15.8. The monoisotopic (exact) mass is 367 g/mol. The topological polar surface area (TPSA) is 71.5 Å². The molecule has 142 valence electrons. The summed E-state index contributed by atoms with van der Waals surface area (Å²) < 4.78 is 5.62. The first-order valence-electron chi connectivity index (χ1n) is 9.35. The second kappa shape index (κ2) is 8.66. The quantitative estimate of drug-likeness (QED) is 0.793. The molecule has 6 heteroatoms. The number of nitrogens with zero attached hydrogens (tertiary/aromatic N) is 2. The van der Waals surface area contributed by atoms with Gasteiger partial charge in [-0.1, -0.05) is 6.07 Å². The lowest BCUT2D eigenvalue weighted by molar-refractivity contribution is 0.101. The molecular weight excluding hydrogens is 342 g/mol. The molecule has 0 saturated carbocycles. The molecule has 1 aliphatic rings. The smallest absolute Gasteiger partial charge is 0.322 e. The number of ether oxygens (including phenoxy) is 1. The second-order valence-electron chi connectivity index (χ2n) is 6.62. The van der Waals surface area contributed by atoms with Crippen molar-refractivity contribution in [2.24, 2.45) is 0 Å². The number of ketones is 1. The molecule has 0 unspecified atom stereocenters. The van der Waals surface area contributed by atoms with Gasteiger partial charge in [-0.2, -0.15) is 0 Å². The number of carbonyl (C=O) groups is 2. The number of pyridine rings is 1. The van der Waals surface area contributed by atoms with Crippen LogP contribution in [0.2, 0.25) is 0 Å². The van der Waals surface area contributed by atoms with Gasteiger partial charge in [0.15, 0.2) is 5.78 Å². The van der Waals surface area contributed by atoms with Gasteiger partial charge in [0.1, 0.15) is 5.75 Å². The van der Waals surface area contributed by atoms with E-state index in [-0.39, 0.29) is 17.9 Å². The number of hydrogen-bond acceptors (Lipinski definition) is 4. The van der Waals surface area contributed by atoms with Gasteiger partial charge in [0.2, 0.25) is 0 Å². The van der Waals surface area contributed by atoms with Gasteiger partial charge >= 0.3 is 6.03 Å². The zero-order valence-electron chi connectivity index (χ0n) is 15.8. The van der Waals surface area contributed by atoms with Crippen molar-refractivity contribution in [3.63, 3.8) is 0 Å². The van der Waals surface area contributed by atoms with Crippen molar-refractivity contribution >= 4 is 17.5 Å². The summed E-state index contributed by atoms with van der Waals surface area (Å²) in [5, 5.41) is 2.95. The number of hydrogen-bond donors (Lipinski definition) is 1. The Morgan fingerprint density at radius 2 is 2.15 bits per heavy atom. The van der Waals surface area contributed by atoms with Crippen LogP contribution in [0.1, 0.15) is 55.1 Å². The van der Waals surface area contributed by atoms with Crippen molar-refractivity contribution in [3.8, 4) is 5.75 Å². The number of carbonyl (C=O) groups excluding carboxylic acids is 2. The van der Waals surface area contributed by atoms with E-state index in [4.69, 9.17) is 4.74 Å². The minimum atomic E-state index is -0.190. The molecule has 1 aliphatic heterocycles. The first-order valence-corrected chi connectivity index (χ1v) is 9.35. The van der Waals surface area contributed by atoms with Crippen molar-refractivity contribution < 1.29 is 14.3 Å². The number of anilines is 1. The average molecular weight is 367 g/mol. The molecule has 1 aromatic carbocycles. The minimum Gasteiger partial charge on any atom is -0.492 e. The van der Waals surface area contributed by atoms with Crippen LogP contribution in [0, 0.1) is 0 Å². The third-order valence-electron chi connectivity index (χ3n) is 4.76. The highest BCUT2D eigenvalue weighted by molar-refractivity contribution is 5.98. The van der Waals surface area contributed by atoms with Gasteiger partial charge in [0, 0.05) is 24.5 Å². The van der Waals surface area contributed by atoms with Gasteiger partial charge in [-0.15, -0.1) is 0 Å². The Morgan fingerprint density at radius 1 is 1.30 bits per heavy atom. The van der Waals surface area contributed by atoms with E-state index in [1.807, 2.05) is 30.2 Å². The van der Waals surface area contributed by atoms with Crippen molar-refractivity contribution in [3.05, 3.63) is 53.9 Å². The number of likely N-dealkylation sites (tertiary alicyclic amines) is 1. The fourth-order valence-electron chi connectivity index (χ4n) is 3.41. The number of Topliss-reactive ketones (excluding diaryl/α,β-unsaturated/α-hetero) is 1. The maximum absolute atomic E-state index is 13.0. The van der Waals surface area contributed by atoms with E-state index in [1.54, 1.807) is 24.4 Å². The maximum atomic E-state index is 13.0. The molecule has 1 saturated heterocycles.